The van der Waals surface area contributed by atoms with Gasteiger partial charge in [0.25, 0.3) is 0 Å². The van der Waals surface area contributed by atoms with Crippen molar-refractivity contribution < 1.29 is 0 Å². The average Bonchev–Trinajstić information content (AvgIpc) is 2.75. The zero-order valence-electron chi connectivity index (χ0n) is 18.7. The predicted octanol–water partition coefficient (Wildman–Crippen LogP) is 8.68. The maximum atomic E-state index is 2.63. The highest BCUT2D eigenvalue weighted by atomic mass is 14.3. The molecule has 1 atom stereocenters. The molecule has 0 N–H and O–H groups in total. The number of rotatable bonds is 10. The van der Waals surface area contributed by atoms with Crippen molar-refractivity contribution in [2.24, 2.45) is 17.8 Å². The van der Waals surface area contributed by atoms with Gasteiger partial charge in [-0.1, -0.05) is 88.3 Å². The highest BCUT2D eigenvalue weighted by Gasteiger charge is 2.28. The van der Waals surface area contributed by atoms with Crippen molar-refractivity contribution in [2.75, 3.05) is 0 Å². The lowest BCUT2D eigenvalue weighted by Gasteiger charge is -2.35. The summed E-state index contributed by atoms with van der Waals surface area (Å²) in [5, 5.41) is 0. The van der Waals surface area contributed by atoms with Gasteiger partial charge in [-0.05, 0) is 86.7 Å². The number of hydrogen-bond acceptors (Lipinski definition) is 0. The first kappa shape index (κ1) is 21.7. The lowest BCUT2D eigenvalue weighted by atomic mass is 9.70. The summed E-state index contributed by atoms with van der Waals surface area (Å²) in [4.78, 5) is 0. The van der Waals surface area contributed by atoms with Gasteiger partial charge in [-0.2, -0.15) is 0 Å². The Bertz CT molecular complexity index is 571. The Kier molecular flexibility index (Phi) is 9.16. The van der Waals surface area contributed by atoms with Gasteiger partial charge in [0.2, 0.25) is 0 Å². The maximum Gasteiger partial charge on any atom is -0.0241 e. The van der Waals surface area contributed by atoms with Gasteiger partial charge in [-0.15, -0.1) is 0 Å². The van der Waals surface area contributed by atoms with Crippen LogP contribution < -0.4 is 0 Å². The summed E-state index contributed by atoms with van der Waals surface area (Å²) in [6, 6.07) is 9.49. The molecule has 1 unspecified atom stereocenters. The van der Waals surface area contributed by atoms with Crippen molar-refractivity contribution in [1.29, 1.82) is 0 Å². The summed E-state index contributed by atoms with van der Waals surface area (Å²) < 4.78 is 0. The molecule has 0 spiro atoms. The second-order valence-corrected chi connectivity index (χ2v) is 9.74. The zero-order valence-corrected chi connectivity index (χ0v) is 18.7. The summed E-state index contributed by atoms with van der Waals surface area (Å²) in [6.07, 6.45) is 23.5. The topological polar surface area (TPSA) is 0 Å². The molecule has 1 saturated carbocycles. The van der Waals surface area contributed by atoms with Gasteiger partial charge in [-0.3, -0.25) is 0 Å². The maximum absolute atomic E-state index is 2.63. The molecule has 0 bridgehead atoms. The molecule has 3 rings (SSSR count). The van der Waals surface area contributed by atoms with E-state index in [-0.39, 0.29) is 0 Å². The SMILES string of the molecule is CCCCCc1ccc(CCC2=CCC([C@H]3CC[C@H](CCC)CC3)CC2)cc1. The first-order valence-electron chi connectivity index (χ1n) is 12.5. The molecule has 0 nitrogen and oxygen atoms in total. The Labute approximate surface area is 175 Å². The predicted molar refractivity (Wildman–Crippen MR) is 124 cm³/mol. The molecule has 2 aliphatic carbocycles. The summed E-state index contributed by atoms with van der Waals surface area (Å²) in [5.74, 6) is 3.08. The van der Waals surface area contributed by atoms with E-state index in [1.54, 1.807) is 5.57 Å². The minimum atomic E-state index is 0.994. The molecule has 0 radical (unpaired) electrons. The number of benzene rings is 1. The van der Waals surface area contributed by atoms with E-state index in [0.717, 1.165) is 17.8 Å². The van der Waals surface area contributed by atoms with Crippen LogP contribution in [0.5, 0.6) is 0 Å². The largest absolute Gasteiger partial charge is 0.0850 e. The third-order valence-electron chi connectivity index (χ3n) is 7.63. The van der Waals surface area contributed by atoms with E-state index < -0.39 is 0 Å². The molecule has 2 aliphatic rings. The van der Waals surface area contributed by atoms with E-state index in [2.05, 4.69) is 44.2 Å². The Morgan fingerprint density at radius 3 is 2.04 bits per heavy atom. The van der Waals surface area contributed by atoms with Gasteiger partial charge in [0.15, 0.2) is 0 Å². The fourth-order valence-corrected chi connectivity index (χ4v) is 5.68. The quantitative estimate of drug-likeness (QED) is 0.281. The monoisotopic (exact) mass is 380 g/mol. The number of aryl methyl sites for hydroxylation is 2. The second kappa shape index (κ2) is 11.8. The van der Waals surface area contributed by atoms with Gasteiger partial charge in [-0.25, -0.2) is 0 Å². The Balaban J connectivity index is 1.37. The van der Waals surface area contributed by atoms with Crippen LogP contribution in [0.15, 0.2) is 35.9 Å². The molecular weight excluding hydrogens is 336 g/mol. The highest BCUT2D eigenvalue weighted by Crippen LogP contribution is 2.41. The minimum absolute atomic E-state index is 0.994. The fraction of sp³-hybridized carbons (Fsp3) is 0.714. The highest BCUT2D eigenvalue weighted by molar-refractivity contribution is 5.24. The number of allylic oxidation sites excluding steroid dienone is 2. The lowest BCUT2D eigenvalue weighted by molar-refractivity contribution is 0.186. The van der Waals surface area contributed by atoms with E-state index in [1.165, 1.54) is 107 Å². The summed E-state index contributed by atoms with van der Waals surface area (Å²) in [7, 11) is 0. The van der Waals surface area contributed by atoms with Gasteiger partial charge in [0.05, 0.1) is 0 Å². The van der Waals surface area contributed by atoms with Crippen LogP contribution in [0.25, 0.3) is 0 Å². The number of hydrogen-bond donors (Lipinski definition) is 0. The molecule has 0 heterocycles. The fourth-order valence-electron chi connectivity index (χ4n) is 5.68. The molecule has 1 fully saturated rings. The van der Waals surface area contributed by atoms with E-state index in [1.807, 2.05) is 0 Å². The third-order valence-corrected chi connectivity index (χ3v) is 7.63. The van der Waals surface area contributed by atoms with E-state index in [0.29, 0.717) is 0 Å². The van der Waals surface area contributed by atoms with Gasteiger partial charge in [0, 0.05) is 0 Å². The molecule has 28 heavy (non-hydrogen) atoms. The van der Waals surface area contributed by atoms with Gasteiger partial charge in [0.1, 0.15) is 0 Å². The van der Waals surface area contributed by atoms with Crippen molar-refractivity contribution in [1.82, 2.24) is 0 Å². The van der Waals surface area contributed by atoms with Crippen LogP contribution in [0.1, 0.15) is 108 Å². The molecular formula is C28H44. The first-order valence-corrected chi connectivity index (χ1v) is 12.5. The lowest BCUT2D eigenvalue weighted by Crippen LogP contribution is -2.23. The van der Waals surface area contributed by atoms with Crippen molar-refractivity contribution in [3.8, 4) is 0 Å². The molecule has 0 amide bonds. The molecule has 1 aromatic carbocycles. The van der Waals surface area contributed by atoms with Crippen molar-refractivity contribution in [3.63, 3.8) is 0 Å². The summed E-state index contributed by atoms with van der Waals surface area (Å²) >= 11 is 0. The van der Waals surface area contributed by atoms with Crippen molar-refractivity contribution >= 4 is 0 Å². The van der Waals surface area contributed by atoms with Gasteiger partial charge >= 0.3 is 0 Å². The Hall–Kier alpha value is -1.04. The van der Waals surface area contributed by atoms with Crippen LogP contribution in [0.4, 0.5) is 0 Å². The minimum Gasteiger partial charge on any atom is -0.0850 e. The molecule has 156 valence electrons. The zero-order chi connectivity index (χ0) is 19.6. The van der Waals surface area contributed by atoms with E-state index >= 15 is 0 Å². The van der Waals surface area contributed by atoms with Crippen molar-refractivity contribution in [2.45, 2.75) is 110 Å². The summed E-state index contributed by atoms with van der Waals surface area (Å²) in [6.45, 7) is 4.63. The normalized spacial score (nSPS) is 25.5. The molecule has 0 aromatic heterocycles. The van der Waals surface area contributed by atoms with Crippen LogP contribution in [-0.2, 0) is 12.8 Å². The molecule has 0 heteroatoms. The molecule has 1 aromatic rings. The van der Waals surface area contributed by atoms with Crippen molar-refractivity contribution in [3.05, 3.63) is 47.0 Å². The van der Waals surface area contributed by atoms with E-state index in [9.17, 15) is 0 Å². The summed E-state index contributed by atoms with van der Waals surface area (Å²) in [5.41, 5.74) is 4.78. The Morgan fingerprint density at radius 1 is 0.714 bits per heavy atom. The smallest absolute Gasteiger partial charge is 0.0241 e. The van der Waals surface area contributed by atoms with Crippen LogP contribution in [-0.4, -0.2) is 0 Å². The van der Waals surface area contributed by atoms with Crippen LogP contribution in [0, 0.1) is 17.8 Å². The van der Waals surface area contributed by atoms with Gasteiger partial charge < -0.3 is 0 Å². The molecule has 0 saturated heterocycles. The first-order chi connectivity index (χ1) is 13.8. The van der Waals surface area contributed by atoms with Crippen LogP contribution in [0.3, 0.4) is 0 Å². The van der Waals surface area contributed by atoms with E-state index in [4.69, 9.17) is 0 Å². The average molecular weight is 381 g/mol. The standard InChI is InChI=1S/C28H44/c1-3-5-6-8-24-9-11-25(12-10-24)13-14-26-17-21-28(22-18-26)27-19-15-23(7-4-2)16-20-27/h9-12,17,23,27-28H,3-8,13-16,18-22H2,1-2H3/t23-,27-,28?. The third kappa shape index (κ3) is 6.78. The Morgan fingerprint density at radius 2 is 1.43 bits per heavy atom. The molecule has 0 aliphatic heterocycles. The second-order valence-electron chi connectivity index (χ2n) is 9.74. The number of unbranched alkanes of at least 4 members (excludes halogenated alkanes) is 2. The van der Waals surface area contributed by atoms with Crippen LogP contribution in [0.2, 0.25) is 0 Å². The van der Waals surface area contributed by atoms with Crippen LogP contribution >= 0.6 is 0 Å².